The zero-order chi connectivity index (χ0) is 13.1. The fourth-order valence-electron chi connectivity index (χ4n) is 3.08. The maximum Gasteiger partial charge on any atom is 0.0510 e. The Labute approximate surface area is 114 Å². The lowest BCUT2D eigenvalue weighted by Gasteiger charge is -2.22. The van der Waals surface area contributed by atoms with Gasteiger partial charge in [0, 0.05) is 18.6 Å². The largest absolute Gasteiger partial charge is 0.381 e. The van der Waals surface area contributed by atoms with E-state index < -0.39 is 0 Å². The Kier molecular flexibility index (Phi) is 3.81. The number of hydrogen-bond donors (Lipinski definition) is 1. The SMILES string of the molecule is CNC(Cc1cccc2ccccc12)C1CCOC1. The molecule has 2 aromatic rings. The number of hydrogen-bond acceptors (Lipinski definition) is 2. The summed E-state index contributed by atoms with van der Waals surface area (Å²) in [5, 5.41) is 6.19. The van der Waals surface area contributed by atoms with Crippen molar-refractivity contribution in [2.24, 2.45) is 5.92 Å². The minimum Gasteiger partial charge on any atom is -0.381 e. The van der Waals surface area contributed by atoms with Crippen LogP contribution >= 0.6 is 0 Å². The van der Waals surface area contributed by atoms with Gasteiger partial charge in [0.1, 0.15) is 0 Å². The number of likely N-dealkylation sites (N-methyl/N-ethyl adjacent to an activating group) is 1. The van der Waals surface area contributed by atoms with Gasteiger partial charge in [0.05, 0.1) is 6.61 Å². The number of nitrogens with one attached hydrogen (secondary N) is 1. The van der Waals surface area contributed by atoms with E-state index in [2.05, 4.69) is 54.8 Å². The predicted octanol–water partition coefficient (Wildman–Crippen LogP) is 3.01. The molecule has 2 atom stereocenters. The molecule has 1 saturated heterocycles. The summed E-state index contributed by atoms with van der Waals surface area (Å²) in [5.41, 5.74) is 1.43. The first-order valence-electron chi connectivity index (χ1n) is 7.10. The van der Waals surface area contributed by atoms with E-state index in [0.717, 1.165) is 19.6 Å². The summed E-state index contributed by atoms with van der Waals surface area (Å²) in [4.78, 5) is 0. The first kappa shape index (κ1) is 12.6. The number of ether oxygens (including phenoxy) is 1. The molecule has 0 saturated carbocycles. The minimum atomic E-state index is 0.508. The lowest BCUT2D eigenvalue weighted by Crippen LogP contribution is -2.35. The van der Waals surface area contributed by atoms with Crippen molar-refractivity contribution in [3.05, 3.63) is 48.0 Å². The van der Waals surface area contributed by atoms with Crippen LogP contribution in [0, 0.1) is 5.92 Å². The summed E-state index contributed by atoms with van der Waals surface area (Å²) in [7, 11) is 2.06. The van der Waals surface area contributed by atoms with Crippen LogP contribution in [0.5, 0.6) is 0 Å². The molecular weight excluding hydrogens is 234 g/mol. The van der Waals surface area contributed by atoms with E-state index in [4.69, 9.17) is 4.74 Å². The smallest absolute Gasteiger partial charge is 0.0510 e. The monoisotopic (exact) mass is 255 g/mol. The maximum atomic E-state index is 5.53. The Morgan fingerprint density at radius 1 is 1.21 bits per heavy atom. The van der Waals surface area contributed by atoms with Gasteiger partial charge in [-0.1, -0.05) is 42.5 Å². The molecular formula is C17H21NO. The Bertz CT molecular complexity index is 540. The quantitative estimate of drug-likeness (QED) is 0.907. The molecule has 1 fully saturated rings. The maximum absolute atomic E-state index is 5.53. The van der Waals surface area contributed by atoms with E-state index in [1.165, 1.54) is 22.8 Å². The van der Waals surface area contributed by atoms with E-state index in [1.807, 2.05) is 0 Å². The molecule has 2 aromatic carbocycles. The highest BCUT2D eigenvalue weighted by molar-refractivity contribution is 5.85. The minimum absolute atomic E-state index is 0.508. The molecule has 0 radical (unpaired) electrons. The Morgan fingerprint density at radius 2 is 2.05 bits per heavy atom. The molecule has 0 amide bonds. The second-order valence-electron chi connectivity index (χ2n) is 5.36. The molecule has 0 spiro atoms. The van der Waals surface area contributed by atoms with Crippen molar-refractivity contribution < 1.29 is 4.74 Å². The van der Waals surface area contributed by atoms with Crippen molar-refractivity contribution in [3.63, 3.8) is 0 Å². The molecule has 19 heavy (non-hydrogen) atoms. The molecule has 2 nitrogen and oxygen atoms in total. The summed E-state index contributed by atoms with van der Waals surface area (Å²) in [6.07, 6.45) is 2.25. The lowest BCUT2D eigenvalue weighted by atomic mass is 9.91. The Morgan fingerprint density at radius 3 is 2.84 bits per heavy atom. The van der Waals surface area contributed by atoms with Crippen LogP contribution in [0.2, 0.25) is 0 Å². The molecule has 1 N–H and O–H groups in total. The van der Waals surface area contributed by atoms with Crippen LogP contribution in [0.15, 0.2) is 42.5 Å². The van der Waals surface area contributed by atoms with Crippen molar-refractivity contribution in [3.8, 4) is 0 Å². The number of benzene rings is 2. The molecule has 3 rings (SSSR count). The van der Waals surface area contributed by atoms with Crippen LogP contribution < -0.4 is 5.32 Å². The summed E-state index contributed by atoms with van der Waals surface area (Å²) >= 11 is 0. The van der Waals surface area contributed by atoms with Gasteiger partial charge in [-0.3, -0.25) is 0 Å². The zero-order valence-corrected chi connectivity index (χ0v) is 11.4. The number of rotatable bonds is 4. The molecule has 0 aromatic heterocycles. The second kappa shape index (κ2) is 5.72. The van der Waals surface area contributed by atoms with Crippen LogP contribution in [0.3, 0.4) is 0 Å². The third kappa shape index (κ3) is 2.65. The lowest BCUT2D eigenvalue weighted by molar-refractivity contribution is 0.177. The van der Waals surface area contributed by atoms with Crippen LogP contribution in [0.25, 0.3) is 10.8 Å². The van der Waals surface area contributed by atoms with E-state index >= 15 is 0 Å². The molecule has 1 heterocycles. The van der Waals surface area contributed by atoms with Crippen LogP contribution in [0.4, 0.5) is 0 Å². The van der Waals surface area contributed by atoms with Crippen molar-refractivity contribution in [1.82, 2.24) is 5.32 Å². The highest BCUT2D eigenvalue weighted by atomic mass is 16.5. The fourth-order valence-corrected chi connectivity index (χ4v) is 3.08. The zero-order valence-electron chi connectivity index (χ0n) is 11.4. The van der Waals surface area contributed by atoms with Gasteiger partial charge in [0.25, 0.3) is 0 Å². The van der Waals surface area contributed by atoms with Crippen molar-refractivity contribution in [1.29, 1.82) is 0 Å². The van der Waals surface area contributed by atoms with E-state index in [0.29, 0.717) is 12.0 Å². The highest BCUT2D eigenvalue weighted by Crippen LogP contribution is 2.24. The second-order valence-corrected chi connectivity index (χ2v) is 5.36. The first-order chi connectivity index (χ1) is 9.38. The van der Waals surface area contributed by atoms with Crippen LogP contribution in [-0.2, 0) is 11.2 Å². The molecule has 2 unspecified atom stereocenters. The first-order valence-corrected chi connectivity index (χ1v) is 7.10. The molecule has 100 valence electrons. The third-order valence-electron chi connectivity index (χ3n) is 4.22. The Hall–Kier alpha value is -1.38. The summed E-state index contributed by atoms with van der Waals surface area (Å²) < 4.78 is 5.53. The van der Waals surface area contributed by atoms with Crippen molar-refractivity contribution in [2.45, 2.75) is 18.9 Å². The van der Waals surface area contributed by atoms with Crippen LogP contribution in [0.1, 0.15) is 12.0 Å². The summed E-state index contributed by atoms with van der Waals surface area (Å²) in [6.45, 7) is 1.81. The van der Waals surface area contributed by atoms with E-state index in [-0.39, 0.29) is 0 Å². The van der Waals surface area contributed by atoms with E-state index in [9.17, 15) is 0 Å². The Balaban J connectivity index is 1.87. The average molecular weight is 255 g/mol. The standard InChI is InChI=1S/C17H21NO/c1-18-17(15-9-10-19-12-15)11-14-7-4-6-13-5-2-3-8-16(13)14/h2-8,15,17-18H,9-12H2,1H3. The summed E-state index contributed by atoms with van der Waals surface area (Å²) in [6, 6.07) is 15.7. The number of fused-ring (bicyclic) bond motifs is 1. The normalized spacial score (nSPS) is 20.8. The molecule has 0 aliphatic carbocycles. The van der Waals surface area contributed by atoms with Crippen LogP contribution in [-0.4, -0.2) is 26.3 Å². The van der Waals surface area contributed by atoms with Gasteiger partial charge >= 0.3 is 0 Å². The summed E-state index contributed by atoms with van der Waals surface area (Å²) in [5.74, 6) is 0.643. The van der Waals surface area contributed by atoms with E-state index in [1.54, 1.807) is 0 Å². The topological polar surface area (TPSA) is 21.3 Å². The highest BCUT2D eigenvalue weighted by Gasteiger charge is 2.24. The van der Waals surface area contributed by atoms with Gasteiger partial charge in [0.2, 0.25) is 0 Å². The van der Waals surface area contributed by atoms with Gasteiger partial charge < -0.3 is 10.1 Å². The van der Waals surface area contributed by atoms with Gasteiger partial charge in [-0.05, 0) is 36.2 Å². The van der Waals surface area contributed by atoms with Gasteiger partial charge in [-0.15, -0.1) is 0 Å². The predicted molar refractivity (Wildman–Crippen MR) is 79.4 cm³/mol. The molecule has 1 aliphatic heterocycles. The molecule has 1 aliphatic rings. The molecule has 0 bridgehead atoms. The van der Waals surface area contributed by atoms with Gasteiger partial charge in [-0.25, -0.2) is 0 Å². The third-order valence-corrected chi connectivity index (χ3v) is 4.22. The van der Waals surface area contributed by atoms with Gasteiger partial charge in [-0.2, -0.15) is 0 Å². The van der Waals surface area contributed by atoms with Gasteiger partial charge in [0.15, 0.2) is 0 Å². The van der Waals surface area contributed by atoms with Crippen molar-refractivity contribution >= 4 is 10.8 Å². The van der Waals surface area contributed by atoms with Crippen molar-refractivity contribution in [2.75, 3.05) is 20.3 Å². The average Bonchev–Trinajstić information content (AvgIpc) is 2.99. The fraction of sp³-hybridized carbons (Fsp3) is 0.412. The molecule has 2 heteroatoms.